The topological polar surface area (TPSA) is 0 Å². The summed E-state index contributed by atoms with van der Waals surface area (Å²) in [7, 11) is 0. The van der Waals surface area contributed by atoms with Crippen molar-refractivity contribution in [1.29, 1.82) is 0 Å². The van der Waals surface area contributed by atoms with Crippen LogP contribution in [-0.2, 0) is 0 Å². The first-order valence-electron chi connectivity index (χ1n) is 3.33. The molecule has 0 saturated heterocycles. The molecule has 0 aromatic rings. The fraction of sp³-hybridized carbons (Fsp3) is 0.500. The average molecular weight is 143 g/mol. The van der Waals surface area contributed by atoms with Crippen molar-refractivity contribution in [2.24, 2.45) is 5.92 Å². The van der Waals surface area contributed by atoms with E-state index in [1.807, 2.05) is 0 Å². The molecule has 0 aliphatic heterocycles. The average Bonchev–Trinajstić information content (AvgIpc) is 1.91. The first-order valence-corrected chi connectivity index (χ1v) is 3.86. The highest BCUT2D eigenvalue weighted by Crippen LogP contribution is 2.13. The van der Waals surface area contributed by atoms with Gasteiger partial charge in [0.2, 0.25) is 0 Å². The van der Waals surface area contributed by atoms with Gasteiger partial charge in [-0.05, 0) is 18.8 Å². The Hall–Kier alpha value is -0.230. The molecule has 1 aliphatic rings. The van der Waals surface area contributed by atoms with Gasteiger partial charge in [0.05, 0.1) is 0 Å². The summed E-state index contributed by atoms with van der Waals surface area (Å²) in [5.41, 5.74) is 0. The van der Waals surface area contributed by atoms with Crippen LogP contribution in [0.4, 0.5) is 0 Å². The molecule has 0 heterocycles. The van der Waals surface area contributed by atoms with E-state index < -0.39 is 0 Å². The molecule has 9 heavy (non-hydrogen) atoms. The van der Waals surface area contributed by atoms with Gasteiger partial charge in [-0.25, -0.2) is 0 Å². The zero-order valence-electron chi connectivity index (χ0n) is 5.39. The first-order chi connectivity index (χ1) is 4.43. The summed E-state index contributed by atoms with van der Waals surface area (Å²) in [4.78, 5) is 0. The van der Waals surface area contributed by atoms with E-state index in [1.165, 1.54) is 0 Å². The van der Waals surface area contributed by atoms with Gasteiger partial charge in [-0.3, -0.25) is 0 Å². The van der Waals surface area contributed by atoms with E-state index in [-0.39, 0.29) is 0 Å². The minimum atomic E-state index is 0.608. The van der Waals surface area contributed by atoms with Gasteiger partial charge in [-0.15, -0.1) is 11.6 Å². The maximum atomic E-state index is 5.57. The third-order valence-electron chi connectivity index (χ3n) is 1.48. The van der Waals surface area contributed by atoms with Gasteiger partial charge in [0, 0.05) is 5.88 Å². The number of hydrogen-bond donors (Lipinski definition) is 0. The third kappa shape index (κ3) is 2.23. The summed E-state index contributed by atoms with van der Waals surface area (Å²) in [5.74, 6) is 1.37. The lowest BCUT2D eigenvalue weighted by atomic mass is 10.0. The Kier molecular flexibility index (Phi) is 2.85. The van der Waals surface area contributed by atoms with Crippen molar-refractivity contribution in [3.8, 4) is 0 Å². The lowest BCUT2D eigenvalue weighted by molar-refractivity contribution is 0.766. The first kappa shape index (κ1) is 6.88. The maximum Gasteiger partial charge on any atom is 0.0232 e. The summed E-state index contributed by atoms with van der Waals surface area (Å²) in [6, 6.07) is 0. The molecule has 0 aromatic heterocycles. The summed E-state index contributed by atoms with van der Waals surface area (Å²) >= 11 is 5.57. The molecule has 0 aromatic carbocycles. The van der Waals surface area contributed by atoms with E-state index in [1.54, 1.807) is 0 Å². The molecule has 0 nitrogen and oxygen atoms in total. The Morgan fingerprint density at radius 2 is 2.00 bits per heavy atom. The highest BCUT2D eigenvalue weighted by Gasteiger charge is 1.99. The second kappa shape index (κ2) is 3.73. The van der Waals surface area contributed by atoms with E-state index in [0.717, 1.165) is 18.7 Å². The molecule has 1 rings (SSSR count). The largest absolute Gasteiger partial charge is 0.127 e. The molecule has 0 unspecified atom stereocenters. The van der Waals surface area contributed by atoms with Crippen molar-refractivity contribution in [1.82, 2.24) is 0 Å². The van der Waals surface area contributed by atoms with Crippen LogP contribution >= 0.6 is 11.6 Å². The zero-order chi connectivity index (χ0) is 6.53. The Labute approximate surface area is 61.2 Å². The number of allylic oxidation sites excluding steroid dienone is 4. The highest BCUT2D eigenvalue weighted by molar-refractivity contribution is 6.17. The van der Waals surface area contributed by atoms with Gasteiger partial charge in [0.25, 0.3) is 0 Å². The molecule has 0 bridgehead atoms. The van der Waals surface area contributed by atoms with E-state index in [9.17, 15) is 0 Å². The molecule has 50 valence electrons. The van der Waals surface area contributed by atoms with Crippen molar-refractivity contribution in [2.45, 2.75) is 12.8 Å². The number of hydrogen-bond acceptors (Lipinski definition) is 0. The molecule has 1 heteroatoms. The van der Waals surface area contributed by atoms with Crippen LogP contribution in [-0.4, -0.2) is 5.88 Å². The molecule has 0 saturated carbocycles. The fourth-order valence-corrected chi connectivity index (χ4v) is 1.22. The molecule has 0 radical (unpaired) electrons. The van der Waals surface area contributed by atoms with Crippen LogP contribution in [0.3, 0.4) is 0 Å². The van der Waals surface area contributed by atoms with Crippen LogP contribution in [0.25, 0.3) is 0 Å². The SMILES string of the molecule is ClCCC1C=CCC=C1. The number of halogens is 1. The van der Waals surface area contributed by atoms with E-state index in [4.69, 9.17) is 11.6 Å². The molecular weight excluding hydrogens is 132 g/mol. The Morgan fingerprint density at radius 3 is 2.56 bits per heavy atom. The van der Waals surface area contributed by atoms with Gasteiger partial charge >= 0.3 is 0 Å². The van der Waals surface area contributed by atoms with Gasteiger partial charge < -0.3 is 0 Å². The van der Waals surface area contributed by atoms with E-state index in [0.29, 0.717) is 5.92 Å². The molecule has 0 amide bonds. The minimum Gasteiger partial charge on any atom is -0.127 e. The van der Waals surface area contributed by atoms with Crippen LogP contribution in [0.2, 0.25) is 0 Å². The van der Waals surface area contributed by atoms with Crippen molar-refractivity contribution in [3.63, 3.8) is 0 Å². The Morgan fingerprint density at radius 1 is 1.33 bits per heavy atom. The van der Waals surface area contributed by atoms with Crippen LogP contribution in [0.5, 0.6) is 0 Å². The van der Waals surface area contributed by atoms with Gasteiger partial charge in [0.15, 0.2) is 0 Å². The summed E-state index contributed by atoms with van der Waals surface area (Å²) < 4.78 is 0. The maximum absolute atomic E-state index is 5.57. The van der Waals surface area contributed by atoms with Crippen molar-refractivity contribution in [2.75, 3.05) is 5.88 Å². The monoisotopic (exact) mass is 142 g/mol. The smallest absolute Gasteiger partial charge is 0.0232 e. The van der Waals surface area contributed by atoms with Crippen molar-refractivity contribution >= 4 is 11.6 Å². The molecule has 0 atom stereocenters. The Bertz CT molecular complexity index is 113. The standard InChI is InChI=1S/C8H11Cl/c9-7-6-8-4-2-1-3-5-8/h2-5,8H,1,6-7H2. The molecule has 1 aliphatic carbocycles. The summed E-state index contributed by atoms with van der Waals surface area (Å²) in [6.07, 6.45) is 11.0. The van der Waals surface area contributed by atoms with Crippen LogP contribution < -0.4 is 0 Å². The number of alkyl halides is 1. The Balaban J connectivity index is 2.31. The summed E-state index contributed by atoms with van der Waals surface area (Å²) in [5, 5.41) is 0. The quantitative estimate of drug-likeness (QED) is 0.411. The fourth-order valence-electron chi connectivity index (χ4n) is 0.968. The molecule has 0 N–H and O–H groups in total. The van der Waals surface area contributed by atoms with Crippen molar-refractivity contribution in [3.05, 3.63) is 24.3 Å². The number of rotatable bonds is 2. The normalized spacial score (nSPS) is 18.8. The second-order valence-electron chi connectivity index (χ2n) is 2.23. The van der Waals surface area contributed by atoms with Crippen LogP contribution in [0.15, 0.2) is 24.3 Å². The minimum absolute atomic E-state index is 0.608. The van der Waals surface area contributed by atoms with Crippen LogP contribution in [0, 0.1) is 5.92 Å². The summed E-state index contributed by atoms with van der Waals surface area (Å²) in [6.45, 7) is 0. The van der Waals surface area contributed by atoms with Gasteiger partial charge in [0.1, 0.15) is 0 Å². The van der Waals surface area contributed by atoms with E-state index >= 15 is 0 Å². The third-order valence-corrected chi connectivity index (χ3v) is 1.70. The lowest BCUT2D eigenvalue weighted by Crippen LogP contribution is -1.94. The van der Waals surface area contributed by atoms with Crippen LogP contribution in [0.1, 0.15) is 12.8 Å². The zero-order valence-corrected chi connectivity index (χ0v) is 6.14. The second-order valence-corrected chi connectivity index (χ2v) is 2.61. The van der Waals surface area contributed by atoms with E-state index in [2.05, 4.69) is 24.3 Å². The van der Waals surface area contributed by atoms with Gasteiger partial charge in [-0.2, -0.15) is 0 Å². The van der Waals surface area contributed by atoms with Gasteiger partial charge in [-0.1, -0.05) is 24.3 Å². The predicted molar refractivity (Wildman–Crippen MR) is 41.7 cm³/mol. The van der Waals surface area contributed by atoms with Crippen molar-refractivity contribution < 1.29 is 0 Å². The predicted octanol–water partition coefficient (Wildman–Crippen LogP) is 2.75. The highest BCUT2D eigenvalue weighted by atomic mass is 35.5. The molecule has 0 fully saturated rings. The molecular formula is C8H11Cl. The molecule has 0 spiro atoms. The lowest BCUT2D eigenvalue weighted by Gasteiger charge is -2.06.